The van der Waals surface area contributed by atoms with E-state index in [2.05, 4.69) is 28.8 Å². The average Bonchev–Trinajstić information content (AvgIpc) is 2.68. The highest BCUT2D eigenvalue weighted by atomic mass is 32.2. The predicted octanol–water partition coefficient (Wildman–Crippen LogP) is 4.08. The lowest BCUT2D eigenvalue weighted by Gasteiger charge is -2.43. The maximum absolute atomic E-state index is 13.0. The van der Waals surface area contributed by atoms with Gasteiger partial charge in [-0.3, -0.25) is 4.79 Å². The molecule has 0 radical (unpaired) electrons. The van der Waals surface area contributed by atoms with Crippen LogP contribution in [0.2, 0.25) is 0 Å². The number of amides is 1. The standard InChI is InChI=1S/C20H27NO2S/c22-20(21-11-13-24-19-6-2-1-5-18(19)21)16-9-7-15(8-10-16)17-4-3-12-23-14-17/h7-10,17-19H,1-6,11-14H2. The van der Waals surface area contributed by atoms with Gasteiger partial charge in [0.05, 0.1) is 6.61 Å². The van der Waals surface area contributed by atoms with Gasteiger partial charge in [-0.25, -0.2) is 0 Å². The highest BCUT2D eigenvalue weighted by Gasteiger charge is 2.36. The molecule has 1 aromatic rings. The van der Waals surface area contributed by atoms with Crippen LogP contribution in [-0.2, 0) is 4.74 Å². The van der Waals surface area contributed by atoms with Crippen molar-refractivity contribution >= 4 is 17.7 Å². The molecule has 2 heterocycles. The molecule has 4 heteroatoms. The van der Waals surface area contributed by atoms with Crippen LogP contribution in [0.5, 0.6) is 0 Å². The van der Waals surface area contributed by atoms with Crippen LogP contribution in [0.1, 0.15) is 60.4 Å². The minimum Gasteiger partial charge on any atom is -0.381 e. The van der Waals surface area contributed by atoms with E-state index in [1.807, 2.05) is 12.1 Å². The number of ether oxygens (including phenoxy) is 1. The van der Waals surface area contributed by atoms with Crippen LogP contribution in [0, 0.1) is 0 Å². The summed E-state index contributed by atoms with van der Waals surface area (Å²) in [6.45, 7) is 2.62. The molecular formula is C20H27NO2S. The van der Waals surface area contributed by atoms with Crippen molar-refractivity contribution in [1.29, 1.82) is 0 Å². The number of nitrogens with zero attached hydrogens (tertiary/aromatic N) is 1. The average molecular weight is 346 g/mol. The predicted molar refractivity (Wildman–Crippen MR) is 98.8 cm³/mol. The molecule has 4 rings (SSSR count). The third-order valence-electron chi connectivity index (χ3n) is 5.78. The molecule has 1 amide bonds. The molecule has 1 aromatic carbocycles. The van der Waals surface area contributed by atoms with Crippen LogP contribution in [0.15, 0.2) is 24.3 Å². The normalized spacial score (nSPS) is 30.7. The summed E-state index contributed by atoms with van der Waals surface area (Å²) >= 11 is 2.08. The molecule has 3 unspecified atom stereocenters. The first-order valence-corrected chi connectivity index (χ1v) is 10.5. The van der Waals surface area contributed by atoms with Crippen LogP contribution in [0.3, 0.4) is 0 Å². The van der Waals surface area contributed by atoms with E-state index in [9.17, 15) is 4.79 Å². The minimum absolute atomic E-state index is 0.235. The number of rotatable bonds is 2. The van der Waals surface area contributed by atoms with Gasteiger partial charge < -0.3 is 9.64 Å². The van der Waals surface area contributed by atoms with Gasteiger partial charge in [-0.2, -0.15) is 11.8 Å². The van der Waals surface area contributed by atoms with Crippen LogP contribution >= 0.6 is 11.8 Å². The fourth-order valence-electron chi connectivity index (χ4n) is 4.42. The molecule has 3 fully saturated rings. The summed E-state index contributed by atoms with van der Waals surface area (Å²) in [5.41, 5.74) is 2.17. The molecule has 1 aliphatic carbocycles. The summed E-state index contributed by atoms with van der Waals surface area (Å²) in [6.07, 6.45) is 7.39. The van der Waals surface area contributed by atoms with E-state index in [0.717, 1.165) is 37.5 Å². The van der Waals surface area contributed by atoms with Gasteiger partial charge in [0.25, 0.3) is 5.91 Å². The Morgan fingerprint density at radius 2 is 1.92 bits per heavy atom. The Balaban J connectivity index is 1.47. The molecule has 0 spiro atoms. The lowest BCUT2D eigenvalue weighted by Crippen LogP contribution is -2.51. The quantitative estimate of drug-likeness (QED) is 0.809. The second kappa shape index (κ2) is 7.49. The zero-order valence-corrected chi connectivity index (χ0v) is 15.1. The summed E-state index contributed by atoms with van der Waals surface area (Å²) < 4.78 is 5.59. The van der Waals surface area contributed by atoms with Gasteiger partial charge in [-0.15, -0.1) is 0 Å². The minimum atomic E-state index is 0.235. The fraction of sp³-hybridized carbons (Fsp3) is 0.650. The van der Waals surface area contributed by atoms with Gasteiger partial charge in [0.15, 0.2) is 0 Å². The molecule has 0 N–H and O–H groups in total. The number of hydrogen-bond donors (Lipinski definition) is 0. The number of thioether (sulfide) groups is 1. The van der Waals surface area contributed by atoms with Gasteiger partial charge in [0.1, 0.15) is 0 Å². The monoisotopic (exact) mass is 345 g/mol. The molecule has 0 aromatic heterocycles. The van der Waals surface area contributed by atoms with Crippen LogP contribution in [-0.4, -0.2) is 47.6 Å². The topological polar surface area (TPSA) is 29.5 Å². The van der Waals surface area contributed by atoms with Crippen molar-refractivity contribution in [3.63, 3.8) is 0 Å². The molecule has 3 aliphatic rings. The zero-order chi connectivity index (χ0) is 16.4. The summed E-state index contributed by atoms with van der Waals surface area (Å²) in [4.78, 5) is 15.2. The van der Waals surface area contributed by atoms with Crippen LogP contribution in [0.4, 0.5) is 0 Å². The fourth-order valence-corrected chi connectivity index (χ4v) is 5.86. The van der Waals surface area contributed by atoms with Crippen molar-refractivity contribution in [3.05, 3.63) is 35.4 Å². The molecule has 2 saturated heterocycles. The highest BCUT2D eigenvalue weighted by Crippen LogP contribution is 2.36. The first-order valence-electron chi connectivity index (χ1n) is 9.43. The van der Waals surface area contributed by atoms with Gasteiger partial charge >= 0.3 is 0 Å². The SMILES string of the molecule is O=C(c1ccc(C2CCCOC2)cc1)N1CCSC2CCCCC21. The molecule has 3 atom stereocenters. The Labute approximate surface area is 149 Å². The van der Waals surface area contributed by atoms with Crippen molar-refractivity contribution in [1.82, 2.24) is 4.90 Å². The molecule has 1 saturated carbocycles. The van der Waals surface area contributed by atoms with Gasteiger partial charge in [-0.05, 0) is 43.4 Å². The Morgan fingerprint density at radius 1 is 1.08 bits per heavy atom. The molecule has 24 heavy (non-hydrogen) atoms. The molecule has 130 valence electrons. The lowest BCUT2D eigenvalue weighted by atomic mass is 9.91. The van der Waals surface area contributed by atoms with Gasteiger partial charge in [0.2, 0.25) is 0 Å². The zero-order valence-electron chi connectivity index (χ0n) is 14.3. The third kappa shape index (κ3) is 3.36. The first kappa shape index (κ1) is 16.5. The summed E-state index contributed by atoms with van der Waals surface area (Å²) in [7, 11) is 0. The van der Waals surface area contributed by atoms with Crippen LogP contribution in [0.25, 0.3) is 0 Å². The Kier molecular flexibility index (Phi) is 5.14. The van der Waals surface area contributed by atoms with Crippen molar-refractivity contribution in [2.75, 3.05) is 25.5 Å². The first-order chi connectivity index (χ1) is 11.8. The van der Waals surface area contributed by atoms with Crippen molar-refractivity contribution < 1.29 is 9.53 Å². The summed E-state index contributed by atoms with van der Waals surface area (Å²) in [5, 5.41) is 0.662. The van der Waals surface area contributed by atoms with E-state index in [1.165, 1.54) is 37.7 Å². The molecule has 2 aliphatic heterocycles. The van der Waals surface area contributed by atoms with E-state index in [1.54, 1.807) is 0 Å². The molecule has 0 bridgehead atoms. The van der Waals surface area contributed by atoms with Crippen molar-refractivity contribution in [2.45, 2.75) is 55.7 Å². The largest absolute Gasteiger partial charge is 0.381 e. The second-order valence-electron chi connectivity index (χ2n) is 7.30. The number of carbonyl (C=O) groups excluding carboxylic acids is 1. The summed E-state index contributed by atoms with van der Waals surface area (Å²) in [5.74, 6) is 1.82. The van der Waals surface area contributed by atoms with Crippen LogP contribution < -0.4 is 0 Å². The number of benzene rings is 1. The van der Waals surface area contributed by atoms with E-state index in [-0.39, 0.29) is 5.91 Å². The summed E-state index contributed by atoms with van der Waals surface area (Å²) in [6, 6.07) is 8.81. The molecular weight excluding hydrogens is 318 g/mol. The maximum Gasteiger partial charge on any atom is 0.254 e. The number of fused-ring (bicyclic) bond motifs is 1. The smallest absolute Gasteiger partial charge is 0.254 e. The lowest BCUT2D eigenvalue weighted by molar-refractivity contribution is 0.0646. The van der Waals surface area contributed by atoms with Crippen molar-refractivity contribution in [2.24, 2.45) is 0 Å². The van der Waals surface area contributed by atoms with E-state index in [4.69, 9.17) is 4.74 Å². The van der Waals surface area contributed by atoms with E-state index in [0.29, 0.717) is 17.2 Å². The Morgan fingerprint density at radius 3 is 2.71 bits per heavy atom. The second-order valence-corrected chi connectivity index (χ2v) is 8.64. The Bertz CT molecular complexity index is 566. The van der Waals surface area contributed by atoms with E-state index >= 15 is 0 Å². The van der Waals surface area contributed by atoms with Crippen molar-refractivity contribution in [3.8, 4) is 0 Å². The maximum atomic E-state index is 13.0. The Hall–Kier alpha value is -1.000. The third-order valence-corrected chi connectivity index (χ3v) is 7.18. The molecule has 3 nitrogen and oxygen atoms in total. The van der Waals surface area contributed by atoms with Gasteiger partial charge in [0, 0.05) is 41.7 Å². The van der Waals surface area contributed by atoms with E-state index < -0.39 is 0 Å². The van der Waals surface area contributed by atoms with Gasteiger partial charge in [-0.1, -0.05) is 25.0 Å². The number of hydrogen-bond acceptors (Lipinski definition) is 3. The highest BCUT2D eigenvalue weighted by molar-refractivity contribution is 8.00. The number of carbonyl (C=O) groups is 1.